The van der Waals surface area contributed by atoms with E-state index < -0.39 is 0 Å². The highest BCUT2D eigenvalue weighted by Crippen LogP contribution is 2.16. The number of rotatable bonds is 7. The van der Waals surface area contributed by atoms with Gasteiger partial charge in [0.15, 0.2) is 0 Å². The summed E-state index contributed by atoms with van der Waals surface area (Å²) in [6.07, 6.45) is 3.32. The highest BCUT2D eigenvalue weighted by Gasteiger charge is 2.18. The predicted molar refractivity (Wildman–Crippen MR) is 111 cm³/mol. The SMILES string of the molecule is CN(C)CCN(Cc1ccc(F)cc1)C(=O)c1cnn(-c2ccc(Br)cc2)c1. The summed E-state index contributed by atoms with van der Waals surface area (Å²) in [4.78, 5) is 16.9. The van der Waals surface area contributed by atoms with Crippen LogP contribution in [0, 0.1) is 5.82 Å². The summed E-state index contributed by atoms with van der Waals surface area (Å²) in [5, 5.41) is 4.33. The van der Waals surface area contributed by atoms with Crippen LogP contribution < -0.4 is 0 Å². The first-order valence-electron chi connectivity index (χ1n) is 8.91. The van der Waals surface area contributed by atoms with Crippen molar-refractivity contribution >= 4 is 21.8 Å². The third-order valence-corrected chi connectivity index (χ3v) is 4.84. The summed E-state index contributed by atoms with van der Waals surface area (Å²) < 4.78 is 15.9. The molecule has 5 nitrogen and oxygen atoms in total. The fourth-order valence-corrected chi connectivity index (χ4v) is 3.00. The molecule has 0 aliphatic rings. The number of benzene rings is 2. The van der Waals surface area contributed by atoms with E-state index in [0.717, 1.165) is 22.3 Å². The minimum atomic E-state index is -0.286. The quantitative estimate of drug-likeness (QED) is 0.553. The maximum atomic E-state index is 13.2. The molecular formula is C21H22BrFN4O. The van der Waals surface area contributed by atoms with Crippen LogP contribution in [0.4, 0.5) is 4.39 Å². The smallest absolute Gasteiger partial charge is 0.257 e. The molecule has 1 heterocycles. The second-order valence-electron chi connectivity index (χ2n) is 6.81. The zero-order chi connectivity index (χ0) is 20.1. The Bertz CT molecular complexity index is 922. The number of hydrogen-bond donors (Lipinski definition) is 0. The predicted octanol–water partition coefficient (Wildman–Crippen LogP) is 3.98. The van der Waals surface area contributed by atoms with E-state index in [1.54, 1.807) is 34.1 Å². The summed E-state index contributed by atoms with van der Waals surface area (Å²) >= 11 is 3.41. The minimum Gasteiger partial charge on any atom is -0.333 e. The van der Waals surface area contributed by atoms with Crippen molar-refractivity contribution in [3.63, 3.8) is 0 Å². The highest BCUT2D eigenvalue weighted by atomic mass is 79.9. The maximum absolute atomic E-state index is 13.2. The Morgan fingerprint density at radius 3 is 2.39 bits per heavy atom. The van der Waals surface area contributed by atoms with Gasteiger partial charge >= 0.3 is 0 Å². The Balaban J connectivity index is 1.79. The number of nitrogens with zero attached hydrogens (tertiary/aromatic N) is 4. The summed E-state index contributed by atoms with van der Waals surface area (Å²) in [6, 6.07) is 13.9. The summed E-state index contributed by atoms with van der Waals surface area (Å²) in [5.74, 6) is -0.389. The molecule has 0 saturated carbocycles. The van der Waals surface area contributed by atoms with Gasteiger partial charge in [-0.2, -0.15) is 5.10 Å². The zero-order valence-electron chi connectivity index (χ0n) is 15.8. The molecule has 3 rings (SSSR count). The van der Waals surface area contributed by atoms with Gasteiger partial charge in [-0.3, -0.25) is 4.79 Å². The van der Waals surface area contributed by atoms with Gasteiger partial charge in [-0.1, -0.05) is 28.1 Å². The first-order valence-corrected chi connectivity index (χ1v) is 9.71. The molecule has 3 aromatic rings. The number of aromatic nitrogens is 2. The highest BCUT2D eigenvalue weighted by molar-refractivity contribution is 9.10. The van der Waals surface area contributed by atoms with Gasteiger partial charge in [0.25, 0.3) is 5.91 Å². The largest absolute Gasteiger partial charge is 0.333 e. The lowest BCUT2D eigenvalue weighted by atomic mass is 10.2. The average Bonchev–Trinajstić information content (AvgIpc) is 3.16. The van der Waals surface area contributed by atoms with Gasteiger partial charge in [-0.05, 0) is 56.1 Å². The summed E-state index contributed by atoms with van der Waals surface area (Å²) in [5.41, 5.74) is 2.28. The zero-order valence-corrected chi connectivity index (χ0v) is 17.4. The van der Waals surface area contributed by atoms with E-state index in [2.05, 4.69) is 21.0 Å². The molecule has 0 spiro atoms. The Kier molecular flexibility index (Phi) is 6.59. The molecule has 0 aliphatic carbocycles. The van der Waals surface area contributed by atoms with Crippen molar-refractivity contribution in [2.75, 3.05) is 27.2 Å². The lowest BCUT2D eigenvalue weighted by Gasteiger charge is -2.24. The Morgan fingerprint density at radius 1 is 1.07 bits per heavy atom. The van der Waals surface area contributed by atoms with Crippen molar-refractivity contribution in [1.82, 2.24) is 19.6 Å². The Hall–Kier alpha value is -2.51. The van der Waals surface area contributed by atoms with Crippen molar-refractivity contribution in [1.29, 1.82) is 0 Å². The van der Waals surface area contributed by atoms with Crippen molar-refractivity contribution in [3.8, 4) is 5.69 Å². The van der Waals surface area contributed by atoms with Gasteiger partial charge in [-0.15, -0.1) is 0 Å². The molecule has 1 aromatic heterocycles. The van der Waals surface area contributed by atoms with Gasteiger partial charge in [-0.25, -0.2) is 9.07 Å². The van der Waals surface area contributed by atoms with Gasteiger partial charge in [0.1, 0.15) is 5.82 Å². The van der Waals surface area contributed by atoms with Crippen LogP contribution in [0.25, 0.3) is 5.69 Å². The van der Waals surface area contributed by atoms with Crippen molar-refractivity contribution in [2.24, 2.45) is 0 Å². The molecule has 7 heteroatoms. The van der Waals surface area contributed by atoms with Crippen LogP contribution in [0.3, 0.4) is 0 Å². The Labute approximate surface area is 172 Å². The third kappa shape index (κ3) is 5.27. The summed E-state index contributed by atoms with van der Waals surface area (Å²) in [6.45, 7) is 1.71. The topological polar surface area (TPSA) is 41.4 Å². The first kappa shape index (κ1) is 20.2. The molecule has 0 radical (unpaired) electrons. The van der Waals surface area contributed by atoms with Gasteiger partial charge < -0.3 is 9.80 Å². The number of likely N-dealkylation sites (N-methyl/N-ethyl adjacent to an activating group) is 1. The average molecular weight is 445 g/mol. The monoisotopic (exact) mass is 444 g/mol. The van der Waals surface area contributed by atoms with Crippen molar-refractivity contribution < 1.29 is 9.18 Å². The maximum Gasteiger partial charge on any atom is 0.257 e. The number of carbonyl (C=O) groups is 1. The molecule has 0 N–H and O–H groups in total. The molecule has 0 fully saturated rings. The molecule has 0 saturated heterocycles. The fraction of sp³-hybridized carbons (Fsp3) is 0.238. The second-order valence-corrected chi connectivity index (χ2v) is 7.72. The van der Waals surface area contributed by atoms with E-state index in [-0.39, 0.29) is 11.7 Å². The molecular weight excluding hydrogens is 423 g/mol. The molecule has 0 atom stereocenters. The molecule has 146 valence electrons. The lowest BCUT2D eigenvalue weighted by molar-refractivity contribution is 0.0732. The molecule has 0 aliphatic heterocycles. The first-order chi connectivity index (χ1) is 13.4. The summed E-state index contributed by atoms with van der Waals surface area (Å²) in [7, 11) is 3.93. The van der Waals surface area contributed by atoms with E-state index in [1.807, 2.05) is 43.3 Å². The number of hydrogen-bond acceptors (Lipinski definition) is 3. The van der Waals surface area contributed by atoms with Crippen LogP contribution >= 0.6 is 15.9 Å². The van der Waals surface area contributed by atoms with Gasteiger partial charge in [0.05, 0.1) is 17.4 Å². The van der Waals surface area contributed by atoms with E-state index in [0.29, 0.717) is 18.7 Å². The lowest BCUT2D eigenvalue weighted by Crippen LogP contribution is -2.36. The normalized spacial score (nSPS) is 11.0. The van der Waals surface area contributed by atoms with Crippen LogP contribution in [0.1, 0.15) is 15.9 Å². The van der Waals surface area contributed by atoms with Crippen LogP contribution in [0.15, 0.2) is 65.4 Å². The van der Waals surface area contributed by atoms with E-state index >= 15 is 0 Å². The molecule has 28 heavy (non-hydrogen) atoms. The van der Waals surface area contributed by atoms with Crippen LogP contribution in [-0.2, 0) is 6.54 Å². The van der Waals surface area contributed by atoms with Crippen LogP contribution in [0.2, 0.25) is 0 Å². The third-order valence-electron chi connectivity index (χ3n) is 4.31. The second kappa shape index (κ2) is 9.12. The van der Waals surface area contributed by atoms with E-state index in [9.17, 15) is 9.18 Å². The van der Waals surface area contributed by atoms with Crippen LogP contribution in [-0.4, -0.2) is 52.7 Å². The number of halogens is 2. The van der Waals surface area contributed by atoms with Crippen molar-refractivity contribution in [3.05, 3.63) is 82.3 Å². The van der Waals surface area contributed by atoms with E-state index in [1.165, 1.54) is 12.1 Å². The molecule has 0 bridgehead atoms. The van der Waals surface area contributed by atoms with E-state index in [4.69, 9.17) is 0 Å². The fourth-order valence-electron chi connectivity index (χ4n) is 2.73. The molecule has 0 unspecified atom stereocenters. The molecule has 2 aromatic carbocycles. The number of amides is 1. The number of carbonyl (C=O) groups excluding carboxylic acids is 1. The van der Waals surface area contributed by atoms with Crippen molar-refractivity contribution in [2.45, 2.75) is 6.54 Å². The molecule has 1 amide bonds. The van der Waals surface area contributed by atoms with Gasteiger partial charge in [0.2, 0.25) is 0 Å². The van der Waals surface area contributed by atoms with Gasteiger partial charge in [0, 0.05) is 30.3 Å². The standard InChI is InChI=1S/C21H22BrFN4O/c1-25(2)11-12-26(14-16-3-7-19(23)8-4-16)21(28)17-13-24-27(15-17)20-9-5-18(22)6-10-20/h3-10,13,15H,11-12,14H2,1-2H3. The minimum absolute atomic E-state index is 0.102. The van der Waals surface area contributed by atoms with Crippen LogP contribution in [0.5, 0.6) is 0 Å². The Morgan fingerprint density at radius 2 is 1.75 bits per heavy atom.